The summed E-state index contributed by atoms with van der Waals surface area (Å²) in [5.74, 6) is 1.49. The first-order chi connectivity index (χ1) is 9.22. The molecule has 6 nitrogen and oxygen atoms in total. The number of nitrogens with zero attached hydrogens (tertiary/aromatic N) is 4. The third kappa shape index (κ3) is 3.70. The minimum atomic E-state index is 0.196. The molecular formula is C12H20N4O2S. The minimum Gasteiger partial charge on any atom is -0.383 e. The van der Waals surface area contributed by atoms with Crippen molar-refractivity contribution in [2.45, 2.75) is 31.5 Å². The van der Waals surface area contributed by atoms with Crippen molar-refractivity contribution in [1.29, 1.82) is 0 Å². The van der Waals surface area contributed by atoms with Crippen LogP contribution in [0.5, 0.6) is 0 Å². The monoisotopic (exact) mass is 284 g/mol. The Hall–Kier alpha value is -1.08. The van der Waals surface area contributed by atoms with E-state index in [1.807, 2.05) is 16.4 Å². The highest BCUT2D eigenvalue weighted by molar-refractivity contribution is 7.99. The van der Waals surface area contributed by atoms with E-state index in [4.69, 9.17) is 4.74 Å². The number of amides is 1. The van der Waals surface area contributed by atoms with E-state index in [2.05, 4.69) is 10.2 Å². The third-order valence-electron chi connectivity index (χ3n) is 3.20. The fourth-order valence-electron chi connectivity index (χ4n) is 2.09. The first-order valence-electron chi connectivity index (χ1n) is 6.51. The number of hydrogen-bond donors (Lipinski definition) is 0. The Morgan fingerprint density at radius 2 is 2.11 bits per heavy atom. The largest absolute Gasteiger partial charge is 0.383 e. The fourth-order valence-corrected chi connectivity index (χ4v) is 3.01. The maximum atomic E-state index is 12.0. The molecule has 1 aliphatic rings. The molecule has 106 valence electrons. The molecule has 0 aliphatic carbocycles. The summed E-state index contributed by atoms with van der Waals surface area (Å²) in [6, 6.07) is 0. The average molecular weight is 284 g/mol. The third-order valence-corrected chi connectivity index (χ3v) is 4.16. The van der Waals surface area contributed by atoms with Crippen LogP contribution in [0.4, 0.5) is 0 Å². The Morgan fingerprint density at radius 3 is 2.79 bits per heavy atom. The van der Waals surface area contributed by atoms with Crippen molar-refractivity contribution in [2.24, 2.45) is 0 Å². The summed E-state index contributed by atoms with van der Waals surface area (Å²) >= 11 is 1.46. The van der Waals surface area contributed by atoms with Crippen LogP contribution in [0, 0.1) is 6.92 Å². The maximum absolute atomic E-state index is 12.0. The maximum Gasteiger partial charge on any atom is 0.233 e. The van der Waals surface area contributed by atoms with Gasteiger partial charge in [0, 0.05) is 26.7 Å². The molecule has 2 heterocycles. The lowest BCUT2D eigenvalue weighted by atomic mass is 10.4. The van der Waals surface area contributed by atoms with Crippen LogP contribution in [0.1, 0.15) is 18.7 Å². The van der Waals surface area contributed by atoms with Crippen molar-refractivity contribution in [3.05, 3.63) is 5.82 Å². The second kappa shape index (κ2) is 6.91. The minimum absolute atomic E-state index is 0.196. The Balaban J connectivity index is 1.89. The zero-order valence-corrected chi connectivity index (χ0v) is 12.3. The number of aromatic nitrogens is 3. The quantitative estimate of drug-likeness (QED) is 0.728. The number of hydrogen-bond acceptors (Lipinski definition) is 5. The van der Waals surface area contributed by atoms with Crippen LogP contribution in [0.3, 0.4) is 0 Å². The Morgan fingerprint density at radius 1 is 1.37 bits per heavy atom. The first kappa shape index (κ1) is 14.3. The lowest BCUT2D eigenvalue weighted by Crippen LogP contribution is -2.29. The lowest BCUT2D eigenvalue weighted by molar-refractivity contribution is -0.127. The Kier molecular flexibility index (Phi) is 5.21. The van der Waals surface area contributed by atoms with Gasteiger partial charge in [0.25, 0.3) is 0 Å². The van der Waals surface area contributed by atoms with Gasteiger partial charge in [0.05, 0.1) is 12.4 Å². The predicted octanol–water partition coefficient (Wildman–Crippen LogP) is 0.947. The number of likely N-dealkylation sites (tertiary alicyclic amines) is 1. The van der Waals surface area contributed by atoms with Gasteiger partial charge < -0.3 is 14.2 Å². The van der Waals surface area contributed by atoms with Gasteiger partial charge in [-0.05, 0) is 19.8 Å². The van der Waals surface area contributed by atoms with Crippen LogP contribution in [-0.2, 0) is 16.1 Å². The number of thioether (sulfide) groups is 1. The van der Waals surface area contributed by atoms with Gasteiger partial charge in [0.1, 0.15) is 5.82 Å². The smallest absolute Gasteiger partial charge is 0.233 e. The van der Waals surface area contributed by atoms with Crippen LogP contribution in [0.2, 0.25) is 0 Å². The van der Waals surface area contributed by atoms with Gasteiger partial charge >= 0.3 is 0 Å². The van der Waals surface area contributed by atoms with Gasteiger partial charge in [-0.2, -0.15) is 0 Å². The van der Waals surface area contributed by atoms with Gasteiger partial charge in [0.15, 0.2) is 5.16 Å². The normalized spacial score (nSPS) is 15.2. The van der Waals surface area contributed by atoms with Gasteiger partial charge in [0.2, 0.25) is 5.91 Å². The number of ether oxygens (including phenoxy) is 1. The molecular weight excluding hydrogens is 264 g/mol. The van der Waals surface area contributed by atoms with Crippen LogP contribution in [0.25, 0.3) is 0 Å². The SMILES string of the molecule is COCCn1c(C)nnc1SCC(=O)N1CCCC1. The van der Waals surface area contributed by atoms with Crippen molar-refractivity contribution in [2.75, 3.05) is 32.6 Å². The summed E-state index contributed by atoms with van der Waals surface area (Å²) in [6.45, 7) is 5.04. The van der Waals surface area contributed by atoms with E-state index in [-0.39, 0.29) is 5.91 Å². The molecule has 2 rings (SSSR count). The van der Waals surface area contributed by atoms with Crippen LogP contribution < -0.4 is 0 Å². The molecule has 0 N–H and O–H groups in total. The summed E-state index contributed by atoms with van der Waals surface area (Å²) in [7, 11) is 1.67. The zero-order chi connectivity index (χ0) is 13.7. The second-order valence-corrected chi connectivity index (χ2v) is 5.49. The molecule has 0 radical (unpaired) electrons. The topological polar surface area (TPSA) is 60.2 Å². The van der Waals surface area contributed by atoms with E-state index < -0.39 is 0 Å². The van der Waals surface area contributed by atoms with Crippen LogP contribution in [0.15, 0.2) is 5.16 Å². The van der Waals surface area contributed by atoms with Gasteiger partial charge in [-0.25, -0.2) is 0 Å². The molecule has 1 amide bonds. The van der Waals surface area contributed by atoms with Gasteiger partial charge in [-0.3, -0.25) is 4.79 Å². The number of carbonyl (C=O) groups excluding carboxylic acids is 1. The van der Waals surface area contributed by atoms with Crippen molar-refractivity contribution in [1.82, 2.24) is 19.7 Å². The summed E-state index contributed by atoms with van der Waals surface area (Å²) in [4.78, 5) is 13.9. The van der Waals surface area contributed by atoms with E-state index in [9.17, 15) is 4.79 Å². The van der Waals surface area contributed by atoms with Crippen molar-refractivity contribution >= 4 is 17.7 Å². The van der Waals surface area contributed by atoms with Crippen LogP contribution >= 0.6 is 11.8 Å². The lowest BCUT2D eigenvalue weighted by Gasteiger charge is -2.14. The average Bonchev–Trinajstić information content (AvgIpc) is 3.04. The summed E-state index contributed by atoms with van der Waals surface area (Å²) in [5, 5.41) is 8.97. The molecule has 0 aromatic carbocycles. The van der Waals surface area contributed by atoms with Crippen LogP contribution in [-0.4, -0.2) is 58.1 Å². The molecule has 0 atom stereocenters. The van der Waals surface area contributed by atoms with E-state index in [0.29, 0.717) is 12.4 Å². The molecule has 1 aromatic heterocycles. The first-order valence-corrected chi connectivity index (χ1v) is 7.50. The van der Waals surface area contributed by atoms with Crippen molar-refractivity contribution < 1.29 is 9.53 Å². The number of methoxy groups -OCH3 is 1. The van der Waals surface area contributed by atoms with Crippen molar-refractivity contribution in [3.8, 4) is 0 Å². The zero-order valence-electron chi connectivity index (χ0n) is 11.5. The molecule has 0 spiro atoms. The molecule has 19 heavy (non-hydrogen) atoms. The molecule has 7 heteroatoms. The second-order valence-electron chi connectivity index (χ2n) is 4.55. The Labute approximate surface area is 117 Å². The number of aryl methyl sites for hydroxylation is 1. The molecule has 0 unspecified atom stereocenters. The molecule has 1 aliphatic heterocycles. The molecule has 0 saturated carbocycles. The molecule has 1 saturated heterocycles. The molecule has 1 fully saturated rings. The highest BCUT2D eigenvalue weighted by Crippen LogP contribution is 2.18. The highest BCUT2D eigenvalue weighted by Gasteiger charge is 2.19. The summed E-state index contributed by atoms with van der Waals surface area (Å²) in [6.07, 6.45) is 2.25. The summed E-state index contributed by atoms with van der Waals surface area (Å²) in [5.41, 5.74) is 0. The van der Waals surface area contributed by atoms with E-state index in [0.717, 1.165) is 43.5 Å². The van der Waals surface area contributed by atoms with E-state index >= 15 is 0 Å². The Bertz CT molecular complexity index is 429. The standard InChI is InChI=1S/C12H20N4O2S/c1-10-13-14-12(16(10)7-8-18-2)19-9-11(17)15-5-3-4-6-15/h3-9H2,1-2H3. The number of rotatable bonds is 6. The summed E-state index contributed by atoms with van der Waals surface area (Å²) < 4.78 is 7.06. The number of carbonyl (C=O) groups is 1. The fraction of sp³-hybridized carbons (Fsp3) is 0.750. The van der Waals surface area contributed by atoms with E-state index in [1.165, 1.54) is 11.8 Å². The highest BCUT2D eigenvalue weighted by atomic mass is 32.2. The van der Waals surface area contributed by atoms with E-state index in [1.54, 1.807) is 7.11 Å². The van der Waals surface area contributed by atoms with Gasteiger partial charge in [-0.1, -0.05) is 11.8 Å². The molecule has 0 bridgehead atoms. The molecule has 1 aromatic rings. The van der Waals surface area contributed by atoms with Gasteiger partial charge in [-0.15, -0.1) is 10.2 Å². The van der Waals surface area contributed by atoms with Crippen molar-refractivity contribution in [3.63, 3.8) is 0 Å². The predicted molar refractivity (Wildman–Crippen MR) is 73.2 cm³/mol.